The molecule has 0 saturated heterocycles. The Labute approximate surface area is 162 Å². The van der Waals surface area contributed by atoms with E-state index in [0.29, 0.717) is 16.9 Å². The Morgan fingerprint density at radius 3 is 2.57 bits per heavy atom. The Kier molecular flexibility index (Phi) is 4.80. The quantitative estimate of drug-likeness (QED) is 0.649. The van der Waals surface area contributed by atoms with E-state index in [2.05, 4.69) is 21.4 Å². The third-order valence-corrected chi connectivity index (χ3v) is 4.74. The van der Waals surface area contributed by atoms with E-state index >= 15 is 0 Å². The first kappa shape index (κ1) is 17.8. The van der Waals surface area contributed by atoms with Gasteiger partial charge >= 0.3 is 6.03 Å². The van der Waals surface area contributed by atoms with Crippen molar-refractivity contribution in [1.82, 2.24) is 9.55 Å². The van der Waals surface area contributed by atoms with Gasteiger partial charge in [-0.05, 0) is 43.2 Å². The van der Waals surface area contributed by atoms with E-state index in [4.69, 9.17) is 10.7 Å². The normalized spacial score (nSPS) is 12.9. The van der Waals surface area contributed by atoms with Gasteiger partial charge in [-0.3, -0.25) is 4.79 Å². The highest BCUT2D eigenvalue weighted by Crippen LogP contribution is 2.24. The van der Waals surface area contributed by atoms with E-state index in [-0.39, 0.29) is 5.91 Å². The maximum Gasteiger partial charge on any atom is 0.316 e. The summed E-state index contributed by atoms with van der Waals surface area (Å²) < 4.78 is 2.22. The number of aromatic nitrogens is 2. The summed E-state index contributed by atoms with van der Waals surface area (Å²) in [5.74, 6) is 0.876. The van der Waals surface area contributed by atoms with Crippen LogP contribution in [0.15, 0.2) is 54.7 Å². The van der Waals surface area contributed by atoms with Gasteiger partial charge in [0.2, 0.25) is 0 Å². The van der Waals surface area contributed by atoms with Crippen LogP contribution in [0.4, 0.5) is 16.2 Å². The lowest BCUT2D eigenvalue weighted by atomic mass is 10.1. The Bertz CT molecular complexity index is 1000. The largest absolute Gasteiger partial charge is 0.351 e. The molecule has 0 aliphatic carbocycles. The summed E-state index contributed by atoms with van der Waals surface area (Å²) in [7, 11) is 0. The number of nitrogens with zero attached hydrogens (tertiary/aromatic N) is 2. The number of imidazole rings is 1. The highest BCUT2D eigenvalue weighted by molar-refractivity contribution is 6.05. The lowest BCUT2D eigenvalue weighted by Gasteiger charge is -2.11. The minimum absolute atomic E-state index is 0.265. The third kappa shape index (κ3) is 3.88. The number of benzene rings is 2. The molecule has 1 aromatic heterocycles. The zero-order valence-corrected chi connectivity index (χ0v) is 15.3. The minimum atomic E-state index is -0.672. The molecule has 3 aromatic rings. The molecule has 4 rings (SSSR count). The topological polar surface area (TPSA) is 102 Å². The maximum atomic E-state index is 12.5. The SMILES string of the molecule is NC(=O)Nc1cccc(C(=O)Nc2ccc(-c3cn4c(n3)CCCC4)cc2)c1. The number of amides is 3. The molecule has 0 spiro atoms. The number of urea groups is 1. The molecule has 7 heteroatoms. The maximum absolute atomic E-state index is 12.5. The van der Waals surface area contributed by atoms with Gasteiger partial charge < -0.3 is 20.9 Å². The molecule has 28 heavy (non-hydrogen) atoms. The molecule has 2 heterocycles. The smallest absolute Gasteiger partial charge is 0.316 e. The van der Waals surface area contributed by atoms with Gasteiger partial charge in [-0.25, -0.2) is 9.78 Å². The first-order chi connectivity index (χ1) is 13.6. The van der Waals surface area contributed by atoms with Crippen LogP contribution < -0.4 is 16.4 Å². The number of hydrogen-bond donors (Lipinski definition) is 3. The summed E-state index contributed by atoms with van der Waals surface area (Å²) in [4.78, 5) is 28.2. The summed E-state index contributed by atoms with van der Waals surface area (Å²) >= 11 is 0. The molecular weight excluding hydrogens is 354 g/mol. The molecule has 0 bridgehead atoms. The van der Waals surface area contributed by atoms with Crippen LogP contribution in [0.3, 0.4) is 0 Å². The second-order valence-corrected chi connectivity index (χ2v) is 6.79. The van der Waals surface area contributed by atoms with E-state index in [1.165, 1.54) is 12.8 Å². The molecule has 7 nitrogen and oxygen atoms in total. The molecule has 142 valence electrons. The van der Waals surface area contributed by atoms with E-state index in [9.17, 15) is 9.59 Å². The number of anilines is 2. The summed E-state index contributed by atoms with van der Waals surface area (Å²) in [5.41, 5.74) is 8.68. The molecule has 0 fully saturated rings. The summed E-state index contributed by atoms with van der Waals surface area (Å²) in [5, 5.41) is 5.32. The highest BCUT2D eigenvalue weighted by atomic mass is 16.2. The third-order valence-electron chi connectivity index (χ3n) is 4.74. The van der Waals surface area contributed by atoms with Crippen molar-refractivity contribution in [2.24, 2.45) is 5.73 Å². The van der Waals surface area contributed by atoms with Gasteiger partial charge in [0.15, 0.2) is 0 Å². The number of primary amides is 1. The van der Waals surface area contributed by atoms with Crippen LogP contribution >= 0.6 is 0 Å². The van der Waals surface area contributed by atoms with Crippen LogP contribution in [0.2, 0.25) is 0 Å². The minimum Gasteiger partial charge on any atom is -0.351 e. The van der Waals surface area contributed by atoms with Gasteiger partial charge in [0.25, 0.3) is 5.91 Å². The van der Waals surface area contributed by atoms with Crippen molar-refractivity contribution in [2.45, 2.75) is 25.8 Å². The van der Waals surface area contributed by atoms with Crippen molar-refractivity contribution in [3.8, 4) is 11.3 Å². The molecule has 0 atom stereocenters. The second kappa shape index (κ2) is 7.56. The Morgan fingerprint density at radius 2 is 1.82 bits per heavy atom. The average Bonchev–Trinajstić information content (AvgIpc) is 3.12. The van der Waals surface area contributed by atoms with Crippen LogP contribution in [-0.2, 0) is 13.0 Å². The second-order valence-electron chi connectivity index (χ2n) is 6.79. The van der Waals surface area contributed by atoms with Gasteiger partial charge in [0, 0.05) is 41.7 Å². The fourth-order valence-corrected chi connectivity index (χ4v) is 3.36. The first-order valence-corrected chi connectivity index (χ1v) is 9.23. The number of carbonyl (C=O) groups is 2. The molecule has 1 aliphatic rings. The van der Waals surface area contributed by atoms with E-state index < -0.39 is 6.03 Å². The van der Waals surface area contributed by atoms with Crippen LogP contribution in [-0.4, -0.2) is 21.5 Å². The van der Waals surface area contributed by atoms with Gasteiger partial charge in [-0.2, -0.15) is 0 Å². The molecule has 0 saturated carbocycles. The molecular formula is C21H21N5O2. The monoisotopic (exact) mass is 375 g/mol. The van der Waals surface area contributed by atoms with Crippen LogP contribution in [0.25, 0.3) is 11.3 Å². The lowest BCUT2D eigenvalue weighted by Crippen LogP contribution is -2.19. The van der Waals surface area contributed by atoms with Gasteiger partial charge in [-0.1, -0.05) is 18.2 Å². The van der Waals surface area contributed by atoms with Crippen molar-refractivity contribution in [3.63, 3.8) is 0 Å². The van der Waals surface area contributed by atoms with Crippen molar-refractivity contribution >= 4 is 23.3 Å². The number of nitrogens with one attached hydrogen (secondary N) is 2. The van der Waals surface area contributed by atoms with Gasteiger partial charge in [-0.15, -0.1) is 0 Å². The lowest BCUT2D eigenvalue weighted by molar-refractivity contribution is 0.102. The summed E-state index contributed by atoms with van der Waals surface area (Å²) in [6.45, 7) is 1.03. The molecule has 0 radical (unpaired) electrons. The van der Waals surface area contributed by atoms with Crippen molar-refractivity contribution < 1.29 is 9.59 Å². The molecule has 4 N–H and O–H groups in total. The summed E-state index contributed by atoms with van der Waals surface area (Å²) in [6, 6.07) is 13.5. The van der Waals surface area contributed by atoms with Crippen molar-refractivity contribution in [3.05, 3.63) is 66.1 Å². The van der Waals surface area contributed by atoms with Crippen LogP contribution in [0.5, 0.6) is 0 Å². The van der Waals surface area contributed by atoms with Crippen molar-refractivity contribution in [1.29, 1.82) is 0 Å². The number of rotatable bonds is 4. The van der Waals surface area contributed by atoms with Crippen LogP contribution in [0.1, 0.15) is 29.0 Å². The zero-order valence-electron chi connectivity index (χ0n) is 15.3. The number of carbonyl (C=O) groups excluding carboxylic acids is 2. The van der Waals surface area contributed by atoms with E-state index in [0.717, 1.165) is 30.0 Å². The molecule has 3 amide bonds. The van der Waals surface area contributed by atoms with E-state index in [1.54, 1.807) is 24.3 Å². The average molecular weight is 375 g/mol. The number of hydrogen-bond acceptors (Lipinski definition) is 3. The van der Waals surface area contributed by atoms with Crippen molar-refractivity contribution in [2.75, 3.05) is 10.6 Å². The zero-order chi connectivity index (χ0) is 19.5. The standard InChI is InChI=1S/C21H21N5O2/c22-21(28)24-17-5-3-4-15(12-17)20(27)23-16-9-7-14(8-10-16)18-13-26-11-2-1-6-19(26)25-18/h3-5,7-10,12-13H,1-2,6,11H2,(H,23,27)(H3,22,24,28). The van der Waals surface area contributed by atoms with Gasteiger partial charge in [0.05, 0.1) is 5.69 Å². The predicted molar refractivity (Wildman–Crippen MR) is 108 cm³/mol. The Hall–Kier alpha value is -3.61. The predicted octanol–water partition coefficient (Wildman–Crippen LogP) is 3.63. The molecule has 2 aromatic carbocycles. The number of fused-ring (bicyclic) bond motifs is 1. The van der Waals surface area contributed by atoms with Gasteiger partial charge in [0.1, 0.15) is 5.82 Å². The highest BCUT2D eigenvalue weighted by Gasteiger charge is 2.13. The molecule has 1 aliphatic heterocycles. The Balaban J connectivity index is 1.46. The summed E-state index contributed by atoms with van der Waals surface area (Å²) in [6.07, 6.45) is 5.51. The first-order valence-electron chi connectivity index (χ1n) is 9.23. The Morgan fingerprint density at radius 1 is 1.00 bits per heavy atom. The van der Waals surface area contributed by atoms with E-state index in [1.807, 2.05) is 24.3 Å². The van der Waals surface area contributed by atoms with Crippen LogP contribution in [0, 0.1) is 0 Å². The molecule has 0 unspecified atom stereocenters. The fraction of sp³-hybridized carbons (Fsp3) is 0.190. The number of nitrogens with two attached hydrogens (primary N) is 1. The fourth-order valence-electron chi connectivity index (χ4n) is 3.36. The number of aryl methyl sites for hydroxylation is 2.